The summed E-state index contributed by atoms with van der Waals surface area (Å²) in [7, 11) is 0. The topological polar surface area (TPSA) is 85.8 Å². The van der Waals surface area contributed by atoms with Crippen LogP contribution >= 0.6 is 23.4 Å². The Morgan fingerprint density at radius 3 is 2.79 bits per heavy atom. The summed E-state index contributed by atoms with van der Waals surface area (Å²) in [5.41, 5.74) is 5.76. The van der Waals surface area contributed by atoms with Gasteiger partial charge in [0.05, 0.1) is 28.6 Å². The van der Waals surface area contributed by atoms with Crippen molar-refractivity contribution in [1.29, 1.82) is 0 Å². The lowest BCUT2D eigenvalue weighted by molar-refractivity contribution is -0.137. The highest BCUT2D eigenvalue weighted by molar-refractivity contribution is 8.14. The van der Waals surface area contributed by atoms with Crippen LogP contribution in [0, 0.1) is 12.8 Å². The van der Waals surface area contributed by atoms with Crippen LogP contribution in [0.3, 0.4) is 0 Å². The molecule has 0 spiro atoms. The summed E-state index contributed by atoms with van der Waals surface area (Å²) in [5.74, 6) is -1.57. The van der Waals surface area contributed by atoms with Gasteiger partial charge < -0.3 is 5.32 Å². The lowest BCUT2D eigenvalue weighted by atomic mass is 10.0. The largest absolute Gasteiger partial charge is 0.418 e. The van der Waals surface area contributed by atoms with E-state index in [0.717, 1.165) is 17.8 Å². The molecule has 33 heavy (non-hydrogen) atoms. The van der Waals surface area contributed by atoms with Gasteiger partial charge in [-0.3, -0.25) is 19.9 Å². The number of benzene rings is 2. The minimum atomic E-state index is -4.60. The predicted molar refractivity (Wildman–Crippen MR) is 122 cm³/mol. The number of hydrogen-bond acceptors (Lipinski definition) is 6. The Balaban J connectivity index is 1.56. The van der Waals surface area contributed by atoms with E-state index in [0.29, 0.717) is 22.8 Å². The van der Waals surface area contributed by atoms with Crippen molar-refractivity contribution in [2.24, 2.45) is 10.9 Å². The monoisotopic (exact) mass is 497 g/mol. The molecule has 0 bridgehead atoms. The van der Waals surface area contributed by atoms with Crippen molar-refractivity contribution < 1.29 is 22.8 Å². The van der Waals surface area contributed by atoms with Crippen molar-refractivity contribution in [2.45, 2.75) is 19.3 Å². The van der Waals surface area contributed by atoms with Gasteiger partial charge in [0.15, 0.2) is 5.17 Å². The lowest BCUT2D eigenvalue weighted by Crippen LogP contribution is -2.50. The molecule has 2 aliphatic rings. The van der Waals surface area contributed by atoms with Gasteiger partial charge in [-0.2, -0.15) is 13.2 Å². The van der Waals surface area contributed by atoms with Crippen LogP contribution in [0.2, 0.25) is 5.02 Å². The van der Waals surface area contributed by atoms with E-state index < -0.39 is 29.7 Å². The summed E-state index contributed by atoms with van der Waals surface area (Å²) >= 11 is 7.20. The van der Waals surface area contributed by atoms with E-state index in [-0.39, 0.29) is 22.5 Å². The van der Waals surface area contributed by atoms with E-state index in [9.17, 15) is 22.8 Å². The van der Waals surface area contributed by atoms with Gasteiger partial charge in [-0.25, -0.2) is 10.4 Å². The van der Waals surface area contributed by atoms with E-state index >= 15 is 0 Å². The van der Waals surface area contributed by atoms with Gasteiger partial charge in [-0.15, -0.1) is 0 Å². The smallest absolute Gasteiger partial charge is 0.325 e. The number of halogens is 4. The van der Waals surface area contributed by atoms with Crippen LogP contribution in [0.15, 0.2) is 47.5 Å². The molecule has 2 aliphatic heterocycles. The fourth-order valence-corrected chi connectivity index (χ4v) is 4.59. The van der Waals surface area contributed by atoms with Gasteiger partial charge in [-0.1, -0.05) is 41.6 Å². The summed E-state index contributed by atoms with van der Waals surface area (Å²) in [4.78, 5) is 31.7. The maximum absolute atomic E-state index is 13.3. The molecule has 2 amide bonds. The standard InChI is InChI=1S/C21H19ClF3N5O2S/c1-11-14(22)6-4-8-16(11)30-19(32)12-9-26-29-18(12)28-20(30)33-10-17(31)27-15-7-3-2-5-13(15)21(23,24)25/h2-8,12,18,26,29H,9-10H2,1H3,(H,27,31). The molecule has 2 atom stereocenters. The summed E-state index contributed by atoms with van der Waals surface area (Å²) in [6.45, 7) is 2.15. The highest BCUT2D eigenvalue weighted by atomic mass is 35.5. The number of fused-ring (bicyclic) bond motifs is 1. The van der Waals surface area contributed by atoms with Crippen LogP contribution in [0.5, 0.6) is 0 Å². The van der Waals surface area contributed by atoms with Crippen LogP contribution in [0.4, 0.5) is 24.5 Å². The molecule has 12 heteroatoms. The zero-order chi connectivity index (χ0) is 23.8. The summed E-state index contributed by atoms with van der Waals surface area (Å²) in [5, 5.41) is 3.02. The molecule has 1 saturated heterocycles. The number of hydrogen-bond donors (Lipinski definition) is 3. The second kappa shape index (κ2) is 9.34. The van der Waals surface area contributed by atoms with Crippen molar-refractivity contribution in [3.05, 3.63) is 58.6 Å². The number of amides is 2. The Morgan fingerprint density at radius 1 is 1.27 bits per heavy atom. The van der Waals surface area contributed by atoms with Crippen molar-refractivity contribution in [3.63, 3.8) is 0 Å². The molecule has 4 rings (SSSR count). The van der Waals surface area contributed by atoms with Gasteiger partial charge in [0, 0.05) is 11.6 Å². The number of thioether (sulfide) groups is 1. The molecule has 2 heterocycles. The molecule has 174 valence electrons. The Kier molecular flexibility index (Phi) is 6.66. The maximum Gasteiger partial charge on any atom is 0.418 e. The van der Waals surface area contributed by atoms with Crippen LogP contribution in [0.25, 0.3) is 0 Å². The van der Waals surface area contributed by atoms with Crippen LogP contribution in [-0.4, -0.2) is 35.4 Å². The number of alkyl halides is 3. The second-order valence-electron chi connectivity index (χ2n) is 7.43. The Labute approximate surface area is 196 Å². The number of amidine groups is 1. The fourth-order valence-electron chi connectivity index (χ4n) is 3.58. The van der Waals surface area contributed by atoms with Crippen LogP contribution in [-0.2, 0) is 15.8 Å². The van der Waals surface area contributed by atoms with E-state index in [1.54, 1.807) is 25.1 Å². The number of para-hydroxylation sites is 1. The SMILES string of the molecule is Cc1c(Cl)cccc1N1C(=O)C2CNNC2N=C1SCC(=O)Nc1ccccc1C(F)(F)F. The van der Waals surface area contributed by atoms with E-state index in [1.807, 2.05) is 0 Å². The number of rotatable bonds is 4. The molecule has 1 fully saturated rings. The zero-order valence-electron chi connectivity index (χ0n) is 17.2. The summed E-state index contributed by atoms with van der Waals surface area (Å²) in [6, 6.07) is 9.88. The third kappa shape index (κ3) is 4.86. The molecule has 2 aromatic rings. The van der Waals surface area contributed by atoms with Crippen molar-refractivity contribution in [2.75, 3.05) is 22.5 Å². The second-order valence-corrected chi connectivity index (χ2v) is 8.78. The van der Waals surface area contributed by atoms with Crippen LogP contribution in [0.1, 0.15) is 11.1 Å². The summed E-state index contributed by atoms with van der Waals surface area (Å²) in [6.07, 6.45) is -5.11. The number of hydrazine groups is 1. The first kappa shape index (κ1) is 23.6. The number of aliphatic imine (C=N–C) groups is 1. The quantitative estimate of drug-likeness (QED) is 0.598. The first-order valence-electron chi connectivity index (χ1n) is 9.91. The van der Waals surface area contributed by atoms with Crippen LogP contribution < -0.4 is 21.1 Å². The van der Waals surface area contributed by atoms with Crippen molar-refractivity contribution in [1.82, 2.24) is 10.9 Å². The van der Waals surface area contributed by atoms with Gasteiger partial charge in [-0.05, 0) is 36.8 Å². The van der Waals surface area contributed by atoms with Gasteiger partial charge in [0.25, 0.3) is 0 Å². The molecule has 3 N–H and O–H groups in total. The van der Waals surface area contributed by atoms with Gasteiger partial charge >= 0.3 is 6.18 Å². The Hall–Kier alpha value is -2.60. The van der Waals surface area contributed by atoms with Gasteiger partial charge in [0.1, 0.15) is 6.17 Å². The molecular weight excluding hydrogens is 479 g/mol. The minimum Gasteiger partial charge on any atom is -0.325 e. The van der Waals surface area contributed by atoms with Crippen molar-refractivity contribution >= 4 is 51.7 Å². The average molecular weight is 498 g/mol. The molecule has 2 unspecified atom stereocenters. The number of nitrogens with zero attached hydrogens (tertiary/aromatic N) is 2. The highest BCUT2D eigenvalue weighted by Crippen LogP contribution is 2.36. The van der Waals surface area contributed by atoms with E-state index in [1.165, 1.54) is 23.1 Å². The maximum atomic E-state index is 13.3. The highest BCUT2D eigenvalue weighted by Gasteiger charge is 2.43. The third-order valence-electron chi connectivity index (χ3n) is 5.25. The Bertz CT molecular complexity index is 1130. The average Bonchev–Trinajstić information content (AvgIpc) is 3.23. The number of carbonyl (C=O) groups excluding carboxylic acids is 2. The molecule has 0 aliphatic carbocycles. The first-order valence-corrected chi connectivity index (χ1v) is 11.3. The molecule has 7 nitrogen and oxygen atoms in total. The minimum absolute atomic E-state index is 0.219. The van der Waals surface area contributed by atoms with E-state index in [4.69, 9.17) is 11.6 Å². The number of carbonyl (C=O) groups is 2. The van der Waals surface area contributed by atoms with Crippen molar-refractivity contribution in [3.8, 4) is 0 Å². The summed E-state index contributed by atoms with van der Waals surface area (Å²) < 4.78 is 39.6. The molecular formula is C21H19ClF3N5O2S. The first-order chi connectivity index (χ1) is 15.7. The molecule has 0 aromatic heterocycles. The van der Waals surface area contributed by atoms with E-state index in [2.05, 4.69) is 21.2 Å². The molecule has 2 aromatic carbocycles. The fraction of sp³-hybridized carbons (Fsp3) is 0.286. The molecule has 0 saturated carbocycles. The van der Waals surface area contributed by atoms with Gasteiger partial charge in [0.2, 0.25) is 11.8 Å². The number of anilines is 2. The third-order valence-corrected chi connectivity index (χ3v) is 6.61. The normalized spacial score (nSPS) is 20.5. The zero-order valence-corrected chi connectivity index (χ0v) is 18.8. The Morgan fingerprint density at radius 2 is 2.03 bits per heavy atom. The molecule has 0 radical (unpaired) electrons. The lowest BCUT2D eigenvalue weighted by Gasteiger charge is -2.33. The predicted octanol–water partition coefficient (Wildman–Crippen LogP) is 3.79. The number of nitrogens with one attached hydrogen (secondary N) is 3.